The van der Waals surface area contributed by atoms with Crippen molar-refractivity contribution in [1.82, 2.24) is 15.1 Å². The van der Waals surface area contributed by atoms with Crippen molar-refractivity contribution in [2.24, 2.45) is 0 Å². The number of aromatic nitrogens is 2. The molecule has 0 unspecified atom stereocenters. The quantitative estimate of drug-likeness (QED) is 0.649. The van der Waals surface area contributed by atoms with Gasteiger partial charge in [0.1, 0.15) is 5.25 Å². The highest BCUT2D eigenvalue weighted by molar-refractivity contribution is 8.00. The fraction of sp³-hybridized carbons (Fsp3) is 0.278. The average molecular weight is 355 g/mol. The number of thioether (sulfide) groups is 1. The van der Waals surface area contributed by atoms with E-state index in [-0.39, 0.29) is 5.91 Å². The van der Waals surface area contributed by atoms with Crippen LogP contribution in [0.3, 0.4) is 0 Å². The summed E-state index contributed by atoms with van der Waals surface area (Å²) in [6.07, 6.45) is 3.66. The molecule has 7 heteroatoms. The van der Waals surface area contributed by atoms with Crippen LogP contribution in [0.15, 0.2) is 62.8 Å². The fourth-order valence-corrected chi connectivity index (χ4v) is 3.81. The van der Waals surface area contributed by atoms with Gasteiger partial charge in [0, 0.05) is 13.1 Å². The molecular weight excluding hydrogens is 338 g/mol. The summed E-state index contributed by atoms with van der Waals surface area (Å²) in [5.74, 6) is 0.917. The zero-order valence-corrected chi connectivity index (χ0v) is 14.3. The van der Waals surface area contributed by atoms with Crippen LogP contribution in [0.5, 0.6) is 0 Å². The second-order valence-corrected chi connectivity index (χ2v) is 6.85. The van der Waals surface area contributed by atoms with Crippen molar-refractivity contribution >= 4 is 17.7 Å². The number of nitrogens with zero attached hydrogens (tertiary/aromatic N) is 3. The maximum absolute atomic E-state index is 13.0. The lowest BCUT2D eigenvalue weighted by atomic mass is 10.1. The van der Waals surface area contributed by atoms with Gasteiger partial charge in [0.15, 0.2) is 5.76 Å². The van der Waals surface area contributed by atoms with E-state index in [2.05, 4.69) is 10.2 Å². The van der Waals surface area contributed by atoms with E-state index in [9.17, 15) is 4.79 Å². The van der Waals surface area contributed by atoms with E-state index in [1.807, 2.05) is 35.2 Å². The number of carbonyl (C=O) groups is 1. The highest BCUT2D eigenvalue weighted by Crippen LogP contribution is 2.37. The summed E-state index contributed by atoms with van der Waals surface area (Å²) in [7, 11) is 0. The molecule has 2 aromatic heterocycles. The Morgan fingerprint density at radius 2 is 1.88 bits per heavy atom. The van der Waals surface area contributed by atoms with Crippen LogP contribution in [0.4, 0.5) is 0 Å². The SMILES string of the molecule is O=C([C@@H](Sc1nnc(-c2ccco2)o1)c1ccccc1)N1CCCC1. The van der Waals surface area contributed by atoms with Gasteiger partial charge in [-0.2, -0.15) is 0 Å². The number of rotatable bonds is 5. The van der Waals surface area contributed by atoms with E-state index >= 15 is 0 Å². The molecule has 1 aromatic carbocycles. The van der Waals surface area contributed by atoms with Crippen LogP contribution >= 0.6 is 11.8 Å². The molecule has 0 radical (unpaired) electrons. The molecule has 6 nitrogen and oxygen atoms in total. The molecule has 3 aromatic rings. The first-order valence-corrected chi connectivity index (χ1v) is 9.07. The molecule has 1 aliphatic rings. The minimum atomic E-state index is -0.399. The van der Waals surface area contributed by atoms with Crippen LogP contribution in [0.1, 0.15) is 23.7 Å². The summed E-state index contributed by atoms with van der Waals surface area (Å²) >= 11 is 1.28. The molecule has 3 heterocycles. The molecule has 25 heavy (non-hydrogen) atoms. The Morgan fingerprint density at radius 1 is 1.08 bits per heavy atom. The van der Waals surface area contributed by atoms with Gasteiger partial charge in [0.2, 0.25) is 5.91 Å². The maximum atomic E-state index is 13.0. The van der Waals surface area contributed by atoms with Gasteiger partial charge in [-0.3, -0.25) is 4.79 Å². The standard InChI is InChI=1S/C18H17N3O3S/c22-17(21-10-4-5-11-21)15(13-7-2-1-3-8-13)25-18-20-19-16(24-18)14-9-6-12-23-14/h1-3,6-9,12,15H,4-5,10-11H2/t15-/m0/s1. The van der Waals surface area contributed by atoms with Crippen molar-refractivity contribution in [3.8, 4) is 11.7 Å². The normalized spacial score (nSPS) is 15.4. The molecule has 0 saturated carbocycles. The summed E-state index contributed by atoms with van der Waals surface area (Å²) < 4.78 is 10.9. The number of furan rings is 1. The van der Waals surface area contributed by atoms with E-state index in [0.717, 1.165) is 31.5 Å². The fourth-order valence-electron chi connectivity index (χ4n) is 2.85. The van der Waals surface area contributed by atoms with Gasteiger partial charge in [0.05, 0.1) is 6.26 Å². The number of benzene rings is 1. The third kappa shape index (κ3) is 3.46. The maximum Gasteiger partial charge on any atom is 0.284 e. The van der Waals surface area contributed by atoms with Crippen LogP contribution < -0.4 is 0 Å². The molecule has 0 bridgehead atoms. The zero-order valence-electron chi connectivity index (χ0n) is 13.5. The summed E-state index contributed by atoms with van der Waals surface area (Å²) in [5.41, 5.74) is 0.933. The first kappa shape index (κ1) is 16.0. The smallest absolute Gasteiger partial charge is 0.284 e. The van der Waals surface area contributed by atoms with Crippen molar-refractivity contribution in [3.05, 3.63) is 54.3 Å². The van der Waals surface area contributed by atoms with E-state index in [1.54, 1.807) is 18.4 Å². The minimum Gasteiger partial charge on any atom is -0.459 e. The predicted octanol–water partition coefficient (Wildman–Crippen LogP) is 3.79. The molecule has 0 N–H and O–H groups in total. The Hall–Kier alpha value is -2.54. The van der Waals surface area contributed by atoms with Crippen molar-refractivity contribution < 1.29 is 13.6 Å². The van der Waals surface area contributed by atoms with Gasteiger partial charge in [-0.15, -0.1) is 10.2 Å². The van der Waals surface area contributed by atoms with E-state index in [1.165, 1.54) is 11.8 Å². The summed E-state index contributed by atoms with van der Waals surface area (Å²) in [6.45, 7) is 1.62. The molecular formula is C18H17N3O3S. The number of hydrogen-bond acceptors (Lipinski definition) is 6. The lowest BCUT2D eigenvalue weighted by Gasteiger charge is -2.22. The molecule has 1 atom stereocenters. The van der Waals surface area contributed by atoms with Crippen molar-refractivity contribution in [2.45, 2.75) is 23.3 Å². The molecule has 0 spiro atoms. The van der Waals surface area contributed by atoms with Gasteiger partial charge in [-0.25, -0.2) is 0 Å². The second-order valence-electron chi connectivity index (χ2n) is 5.79. The molecule has 1 amide bonds. The van der Waals surface area contributed by atoms with Crippen LogP contribution in [0.25, 0.3) is 11.7 Å². The van der Waals surface area contributed by atoms with Crippen molar-refractivity contribution in [1.29, 1.82) is 0 Å². The van der Waals surface area contributed by atoms with Gasteiger partial charge < -0.3 is 13.7 Å². The van der Waals surface area contributed by atoms with Gasteiger partial charge >= 0.3 is 0 Å². The highest BCUT2D eigenvalue weighted by atomic mass is 32.2. The largest absolute Gasteiger partial charge is 0.459 e. The second kappa shape index (κ2) is 7.14. The Balaban J connectivity index is 1.59. The van der Waals surface area contributed by atoms with E-state index in [0.29, 0.717) is 16.9 Å². The van der Waals surface area contributed by atoms with Crippen molar-refractivity contribution in [3.63, 3.8) is 0 Å². The molecule has 1 saturated heterocycles. The summed E-state index contributed by atoms with van der Waals surface area (Å²) in [6, 6.07) is 13.2. The average Bonchev–Trinajstić information content (AvgIpc) is 3.42. The third-order valence-corrected chi connectivity index (χ3v) is 5.18. The molecule has 1 fully saturated rings. The number of carbonyl (C=O) groups excluding carboxylic acids is 1. The Bertz CT molecular complexity index is 826. The third-order valence-electron chi connectivity index (χ3n) is 4.10. The van der Waals surface area contributed by atoms with Crippen LogP contribution in [0, 0.1) is 0 Å². The summed E-state index contributed by atoms with van der Waals surface area (Å²) in [4.78, 5) is 14.9. The molecule has 128 valence electrons. The molecule has 4 rings (SSSR count). The Morgan fingerprint density at radius 3 is 2.60 bits per heavy atom. The first-order valence-electron chi connectivity index (χ1n) is 8.19. The van der Waals surface area contributed by atoms with Crippen LogP contribution in [0.2, 0.25) is 0 Å². The van der Waals surface area contributed by atoms with Gasteiger partial charge in [-0.05, 0) is 42.3 Å². The lowest BCUT2D eigenvalue weighted by molar-refractivity contribution is -0.129. The Kier molecular flexibility index (Phi) is 4.56. The summed E-state index contributed by atoms with van der Waals surface area (Å²) in [5, 5.41) is 8.02. The number of hydrogen-bond donors (Lipinski definition) is 0. The predicted molar refractivity (Wildman–Crippen MR) is 92.9 cm³/mol. The first-order chi connectivity index (χ1) is 12.3. The van der Waals surface area contributed by atoms with Crippen LogP contribution in [-0.4, -0.2) is 34.1 Å². The number of likely N-dealkylation sites (tertiary alicyclic amines) is 1. The van der Waals surface area contributed by atoms with Gasteiger partial charge in [-0.1, -0.05) is 30.3 Å². The highest BCUT2D eigenvalue weighted by Gasteiger charge is 2.30. The monoisotopic (exact) mass is 355 g/mol. The van der Waals surface area contributed by atoms with E-state index in [4.69, 9.17) is 8.83 Å². The van der Waals surface area contributed by atoms with Crippen LogP contribution in [-0.2, 0) is 4.79 Å². The topological polar surface area (TPSA) is 72.4 Å². The molecule has 0 aliphatic carbocycles. The van der Waals surface area contributed by atoms with Gasteiger partial charge in [0.25, 0.3) is 11.1 Å². The zero-order chi connectivity index (χ0) is 17.1. The Labute approximate surface area is 149 Å². The number of amides is 1. The van der Waals surface area contributed by atoms with Crippen molar-refractivity contribution in [2.75, 3.05) is 13.1 Å². The minimum absolute atomic E-state index is 0.0893. The van der Waals surface area contributed by atoms with E-state index < -0.39 is 5.25 Å². The molecule has 1 aliphatic heterocycles. The lowest BCUT2D eigenvalue weighted by Crippen LogP contribution is -2.31.